The van der Waals surface area contributed by atoms with Gasteiger partial charge in [0.15, 0.2) is 9.84 Å². The highest BCUT2D eigenvalue weighted by atomic mass is 32.2. The van der Waals surface area contributed by atoms with Crippen LogP contribution in [0.1, 0.15) is 13.8 Å². The highest BCUT2D eigenvalue weighted by Crippen LogP contribution is 2.36. The first-order valence-corrected chi connectivity index (χ1v) is 10.2. The lowest BCUT2D eigenvalue weighted by atomic mass is 10.00. The van der Waals surface area contributed by atoms with Crippen LogP contribution in [0.5, 0.6) is 5.75 Å². The van der Waals surface area contributed by atoms with E-state index in [0.29, 0.717) is 16.7 Å². The highest BCUT2D eigenvalue weighted by molar-refractivity contribution is 7.90. The molecule has 5 nitrogen and oxygen atoms in total. The minimum atomic E-state index is -3.37. The molecule has 0 saturated carbocycles. The van der Waals surface area contributed by atoms with Crippen molar-refractivity contribution in [2.24, 2.45) is 7.05 Å². The van der Waals surface area contributed by atoms with Gasteiger partial charge in [-0.1, -0.05) is 18.2 Å². The molecule has 0 bridgehead atoms. The van der Waals surface area contributed by atoms with Gasteiger partial charge in [-0.3, -0.25) is 4.79 Å². The zero-order valence-electron chi connectivity index (χ0n) is 15.2. The van der Waals surface area contributed by atoms with Gasteiger partial charge in [0.2, 0.25) is 0 Å². The first-order chi connectivity index (χ1) is 12.2. The fourth-order valence-corrected chi connectivity index (χ4v) is 3.58. The van der Waals surface area contributed by atoms with Gasteiger partial charge in [-0.25, -0.2) is 8.42 Å². The Bertz CT molecular complexity index is 1140. The van der Waals surface area contributed by atoms with E-state index in [1.54, 1.807) is 37.5 Å². The molecule has 0 saturated heterocycles. The molecule has 0 aliphatic heterocycles. The van der Waals surface area contributed by atoms with Gasteiger partial charge in [0.1, 0.15) is 5.75 Å². The van der Waals surface area contributed by atoms with E-state index in [1.165, 1.54) is 10.8 Å². The number of hydrogen-bond acceptors (Lipinski definition) is 4. The first kappa shape index (κ1) is 18.2. The number of aromatic nitrogens is 1. The van der Waals surface area contributed by atoms with E-state index in [4.69, 9.17) is 4.74 Å². The summed E-state index contributed by atoms with van der Waals surface area (Å²) in [7, 11) is -1.69. The van der Waals surface area contributed by atoms with E-state index >= 15 is 0 Å². The molecule has 0 N–H and O–H groups in total. The summed E-state index contributed by atoms with van der Waals surface area (Å²) in [6.07, 6.45) is 2.82. The fraction of sp³-hybridized carbons (Fsp3) is 0.250. The van der Waals surface area contributed by atoms with Crippen LogP contribution in [0.3, 0.4) is 0 Å². The normalized spacial score (nSPS) is 11.9. The largest absolute Gasteiger partial charge is 0.490 e. The number of ether oxygens (including phenoxy) is 1. The summed E-state index contributed by atoms with van der Waals surface area (Å²) in [5, 5.41) is 1.34. The van der Waals surface area contributed by atoms with Crippen molar-refractivity contribution in [2.45, 2.75) is 24.8 Å². The van der Waals surface area contributed by atoms with Gasteiger partial charge < -0.3 is 9.30 Å². The maximum absolute atomic E-state index is 12.4. The number of hydrogen-bond donors (Lipinski definition) is 0. The SMILES string of the molecule is CC(C)Oc1ccc(S(C)(=O)=O)cc1-c1cn(C)c(=O)c2ccccc12. The van der Waals surface area contributed by atoms with Crippen LogP contribution in [-0.2, 0) is 16.9 Å². The molecule has 0 fully saturated rings. The molecule has 0 spiro atoms. The monoisotopic (exact) mass is 371 g/mol. The fourth-order valence-electron chi connectivity index (χ4n) is 2.94. The molecule has 2 aromatic carbocycles. The van der Waals surface area contributed by atoms with Crippen molar-refractivity contribution < 1.29 is 13.2 Å². The van der Waals surface area contributed by atoms with Gasteiger partial charge in [0.05, 0.1) is 11.0 Å². The van der Waals surface area contributed by atoms with Crippen molar-refractivity contribution >= 4 is 20.6 Å². The van der Waals surface area contributed by atoms with Gasteiger partial charge in [0.25, 0.3) is 5.56 Å². The summed E-state index contributed by atoms with van der Waals surface area (Å²) in [4.78, 5) is 12.6. The van der Waals surface area contributed by atoms with Crippen LogP contribution in [0.25, 0.3) is 21.9 Å². The Morgan fingerprint density at radius 3 is 2.27 bits per heavy atom. The number of sulfone groups is 1. The minimum absolute atomic E-state index is 0.0726. The third-order valence-electron chi connectivity index (χ3n) is 4.12. The Labute approximate surface area is 152 Å². The average molecular weight is 371 g/mol. The summed E-state index contributed by atoms with van der Waals surface area (Å²) in [5.41, 5.74) is 1.30. The second-order valence-electron chi connectivity index (χ2n) is 6.60. The number of nitrogens with zero attached hydrogens (tertiary/aromatic N) is 1. The van der Waals surface area contributed by atoms with E-state index in [2.05, 4.69) is 0 Å². The average Bonchev–Trinajstić information content (AvgIpc) is 2.57. The Morgan fingerprint density at radius 1 is 1.00 bits per heavy atom. The second-order valence-corrected chi connectivity index (χ2v) is 8.62. The molecule has 0 atom stereocenters. The lowest BCUT2D eigenvalue weighted by Gasteiger charge is -2.17. The van der Waals surface area contributed by atoms with E-state index < -0.39 is 9.84 Å². The molecule has 0 amide bonds. The molecule has 0 unspecified atom stereocenters. The van der Waals surface area contributed by atoms with Gasteiger partial charge in [0, 0.05) is 36.0 Å². The van der Waals surface area contributed by atoms with Gasteiger partial charge >= 0.3 is 0 Å². The number of aryl methyl sites for hydroxylation is 1. The molecule has 136 valence electrons. The van der Waals surface area contributed by atoms with Crippen molar-refractivity contribution in [3.8, 4) is 16.9 Å². The van der Waals surface area contributed by atoms with E-state index in [-0.39, 0.29) is 16.6 Å². The maximum Gasteiger partial charge on any atom is 0.258 e. The van der Waals surface area contributed by atoms with Gasteiger partial charge in [-0.15, -0.1) is 0 Å². The van der Waals surface area contributed by atoms with Crippen LogP contribution in [0.2, 0.25) is 0 Å². The van der Waals surface area contributed by atoms with Crippen molar-refractivity contribution in [3.05, 3.63) is 59.0 Å². The third-order valence-corrected chi connectivity index (χ3v) is 5.23. The number of pyridine rings is 1. The smallest absolute Gasteiger partial charge is 0.258 e. The van der Waals surface area contributed by atoms with Crippen LogP contribution in [0, 0.1) is 0 Å². The van der Waals surface area contributed by atoms with E-state index in [9.17, 15) is 13.2 Å². The highest BCUT2D eigenvalue weighted by Gasteiger charge is 2.17. The molecule has 1 heterocycles. The molecule has 0 aliphatic rings. The summed E-state index contributed by atoms with van der Waals surface area (Å²) in [6.45, 7) is 3.82. The molecule has 0 aliphatic carbocycles. The van der Waals surface area contributed by atoms with Crippen LogP contribution in [0.15, 0.2) is 58.4 Å². The Balaban J connectivity index is 2.40. The Morgan fingerprint density at radius 2 is 1.65 bits per heavy atom. The van der Waals surface area contributed by atoms with Crippen molar-refractivity contribution in [2.75, 3.05) is 6.26 Å². The molecule has 1 aromatic heterocycles. The molecular formula is C20H21NO4S. The predicted molar refractivity (Wildman–Crippen MR) is 103 cm³/mol. The molecule has 3 rings (SSSR count). The summed E-state index contributed by atoms with van der Waals surface area (Å²) in [5.74, 6) is 0.580. The topological polar surface area (TPSA) is 65.4 Å². The molecular weight excluding hydrogens is 350 g/mol. The zero-order valence-corrected chi connectivity index (χ0v) is 16.0. The minimum Gasteiger partial charge on any atom is -0.490 e. The quantitative estimate of drug-likeness (QED) is 0.705. The van der Waals surface area contributed by atoms with Crippen LogP contribution in [0.4, 0.5) is 0 Å². The van der Waals surface area contributed by atoms with Crippen LogP contribution < -0.4 is 10.3 Å². The van der Waals surface area contributed by atoms with Crippen LogP contribution in [-0.4, -0.2) is 25.3 Å². The van der Waals surface area contributed by atoms with Crippen molar-refractivity contribution in [3.63, 3.8) is 0 Å². The van der Waals surface area contributed by atoms with Gasteiger partial charge in [-0.2, -0.15) is 0 Å². The summed E-state index contributed by atoms with van der Waals surface area (Å²) >= 11 is 0. The maximum atomic E-state index is 12.4. The Hall–Kier alpha value is -2.60. The second kappa shape index (κ2) is 6.61. The zero-order chi connectivity index (χ0) is 19.1. The number of fused-ring (bicyclic) bond motifs is 1. The third kappa shape index (κ3) is 3.37. The number of benzene rings is 2. The standard InChI is InChI=1S/C20H21NO4S/c1-13(2)25-19-10-9-14(26(4,23)24)11-17(19)18-12-21(3)20(22)16-8-6-5-7-15(16)18/h5-13H,1-4H3. The van der Waals surface area contributed by atoms with Crippen molar-refractivity contribution in [1.29, 1.82) is 0 Å². The molecule has 6 heteroatoms. The lowest BCUT2D eigenvalue weighted by molar-refractivity contribution is 0.243. The molecule has 26 heavy (non-hydrogen) atoms. The van der Waals surface area contributed by atoms with Crippen LogP contribution >= 0.6 is 0 Å². The van der Waals surface area contributed by atoms with Gasteiger partial charge in [-0.05, 0) is 43.5 Å². The Kier molecular flexibility index (Phi) is 4.63. The first-order valence-electron chi connectivity index (χ1n) is 8.28. The summed E-state index contributed by atoms with van der Waals surface area (Å²) in [6, 6.07) is 12.1. The van der Waals surface area contributed by atoms with E-state index in [0.717, 1.165) is 10.9 Å². The van der Waals surface area contributed by atoms with E-state index in [1.807, 2.05) is 32.0 Å². The summed E-state index contributed by atoms with van der Waals surface area (Å²) < 4.78 is 31.5. The number of rotatable bonds is 4. The predicted octanol–water partition coefficient (Wildman–Crippen LogP) is 3.40. The molecule has 3 aromatic rings. The van der Waals surface area contributed by atoms with Crippen molar-refractivity contribution in [1.82, 2.24) is 4.57 Å². The molecule has 0 radical (unpaired) electrons. The lowest BCUT2D eigenvalue weighted by Crippen LogP contribution is -2.16.